The van der Waals surface area contributed by atoms with Gasteiger partial charge in [-0.3, -0.25) is 0 Å². The average molecular weight is 254 g/mol. The molecule has 17 heavy (non-hydrogen) atoms. The zero-order chi connectivity index (χ0) is 12.7. The van der Waals surface area contributed by atoms with Gasteiger partial charge in [0.25, 0.3) is 0 Å². The fourth-order valence-electron chi connectivity index (χ4n) is 2.14. The van der Waals surface area contributed by atoms with Crippen molar-refractivity contribution in [2.45, 2.75) is 23.8 Å². The van der Waals surface area contributed by atoms with Crippen LogP contribution in [-0.4, -0.2) is 33.3 Å². The minimum absolute atomic E-state index is 0.162. The van der Waals surface area contributed by atoms with Crippen LogP contribution in [0.1, 0.15) is 13.3 Å². The van der Waals surface area contributed by atoms with Crippen LogP contribution >= 0.6 is 0 Å². The first-order valence-electron chi connectivity index (χ1n) is 5.69. The molecule has 0 spiro atoms. The number of anilines is 1. The van der Waals surface area contributed by atoms with Crippen molar-refractivity contribution in [3.63, 3.8) is 0 Å². The Labute approximate surface area is 102 Å². The van der Waals surface area contributed by atoms with Gasteiger partial charge in [0, 0.05) is 19.3 Å². The molecule has 1 aliphatic rings. The van der Waals surface area contributed by atoms with E-state index in [0.29, 0.717) is 4.90 Å². The van der Waals surface area contributed by atoms with Gasteiger partial charge < -0.3 is 10.6 Å². The average Bonchev–Trinajstić information content (AvgIpc) is 2.23. The number of hydrogen-bond donors (Lipinski definition) is 1. The molecule has 1 saturated heterocycles. The van der Waals surface area contributed by atoms with E-state index >= 15 is 0 Å². The first-order chi connectivity index (χ1) is 7.86. The quantitative estimate of drug-likeness (QED) is 0.874. The molecule has 0 unspecified atom stereocenters. The van der Waals surface area contributed by atoms with E-state index in [-0.39, 0.29) is 5.54 Å². The molecule has 4 nitrogen and oxygen atoms in total. The van der Waals surface area contributed by atoms with Crippen molar-refractivity contribution in [1.29, 1.82) is 0 Å². The molecule has 1 fully saturated rings. The first kappa shape index (κ1) is 12.4. The number of sulfone groups is 1. The van der Waals surface area contributed by atoms with Crippen molar-refractivity contribution in [2.75, 3.05) is 24.2 Å². The van der Waals surface area contributed by atoms with Crippen LogP contribution in [0.15, 0.2) is 29.2 Å². The van der Waals surface area contributed by atoms with E-state index in [2.05, 4.69) is 6.92 Å². The molecule has 1 aromatic rings. The van der Waals surface area contributed by atoms with Crippen molar-refractivity contribution in [2.24, 2.45) is 5.73 Å². The predicted molar refractivity (Wildman–Crippen MR) is 69.0 cm³/mol. The number of hydrogen-bond acceptors (Lipinski definition) is 4. The maximum atomic E-state index is 11.7. The lowest BCUT2D eigenvalue weighted by atomic mass is 9.88. The Balaban J connectivity index is 2.30. The Kier molecular flexibility index (Phi) is 2.91. The third-order valence-electron chi connectivity index (χ3n) is 3.32. The van der Waals surface area contributed by atoms with Gasteiger partial charge >= 0.3 is 0 Å². The summed E-state index contributed by atoms with van der Waals surface area (Å²) in [7, 11) is -3.18. The van der Waals surface area contributed by atoms with Crippen molar-refractivity contribution >= 4 is 15.5 Å². The zero-order valence-corrected chi connectivity index (χ0v) is 11.0. The number of para-hydroxylation sites is 1. The normalized spacial score (nSPS) is 18.9. The van der Waals surface area contributed by atoms with Crippen LogP contribution in [0.5, 0.6) is 0 Å². The highest BCUT2D eigenvalue weighted by Gasteiger charge is 2.39. The summed E-state index contributed by atoms with van der Waals surface area (Å²) in [4.78, 5) is 2.41. The molecule has 0 aromatic heterocycles. The maximum Gasteiger partial charge on any atom is 0.177 e. The molecule has 1 aliphatic heterocycles. The van der Waals surface area contributed by atoms with E-state index < -0.39 is 9.84 Å². The topological polar surface area (TPSA) is 63.4 Å². The fraction of sp³-hybridized carbons (Fsp3) is 0.500. The summed E-state index contributed by atoms with van der Waals surface area (Å²) in [6, 6.07) is 7.08. The number of nitrogens with two attached hydrogens (primary N) is 1. The Hall–Kier alpha value is -1.07. The molecule has 5 heteroatoms. The largest absolute Gasteiger partial charge is 0.367 e. The summed E-state index contributed by atoms with van der Waals surface area (Å²) in [5.41, 5.74) is 6.70. The molecule has 94 valence electrons. The van der Waals surface area contributed by atoms with Gasteiger partial charge in [-0.25, -0.2) is 8.42 Å². The van der Waals surface area contributed by atoms with Gasteiger partial charge in [-0.15, -0.1) is 0 Å². The van der Waals surface area contributed by atoms with Gasteiger partial charge in [0.05, 0.1) is 16.1 Å². The zero-order valence-electron chi connectivity index (χ0n) is 10.2. The molecular formula is C12H18N2O2S. The highest BCUT2D eigenvalue weighted by atomic mass is 32.2. The van der Waals surface area contributed by atoms with E-state index in [9.17, 15) is 8.42 Å². The second kappa shape index (κ2) is 3.99. The predicted octanol–water partition coefficient (Wildman–Crippen LogP) is 1.02. The molecule has 0 amide bonds. The minimum Gasteiger partial charge on any atom is -0.367 e. The highest BCUT2D eigenvalue weighted by molar-refractivity contribution is 7.90. The lowest BCUT2D eigenvalue weighted by Gasteiger charge is -2.49. The van der Waals surface area contributed by atoms with Gasteiger partial charge in [-0.05, 0) is 18.6 Å². The molecule has 0 radical (unpaired) electrons. The monoisotopic (exact) mass is 254 g/mol. The fourth-order valence-corrected chi connectivity index (χ4v) is 3.04. The van der Waals surface area contributed by atoms with E-state index in [1.165, 1.54) is 6.26 Å². The summed E-state index contributed by atoms with van der Waals surface area (Å²) >= 11 is 0. The van der Waals surface area contributed by atoms with Crippen molar-refractivity contribution < 1.29 is 8.42 Å². The Morgan fingerprint density at radius 1 is 1.35 bits per heavy atom. The van der Waals surface area contributed by atoms with Gasteiger partial charge in [0.15, 0.2) is 9.84 Å². The molecule has 1 aromatic carbocycles. The lowest BCUT2D eigenvalue weighted by Crippen LogP contribution is -2.67. The van der Waals surface area contributed by atoms with Crippen molar-refractivity contribution in [1.82, 2.24) is 0 Å². The van der Waals surface area contributed by atoms with Crippen molar-refractivity contribution in [3.8, 4) is 0 Å². The second-order valence-electron chi connectivity index (χ2n) is 4.81. The van der Waals surface area contributed by atoms with E-state index in [1.807, 2.05) is 17.0 Å². The van der Waals surface area contributed by atoms with E-state index in [4.69, 9.17) is 5.73 Å². The number of rotatable bonds is 3. The van der Waals surface area contributed by atoms with Gasteiger partial charge in [-0.1, -0.05) is 19.1 Å². The summed E-state index contributed by atoms with van der Waals surface area (Å²) in [6.45, 7) is 3.49. The smallest absolute Gasteiger partial charge is 0.177 e. The summed E-state index contributed by atoms with van der Waals surface area (Å²) in [5.74, 6) is 0. The molecular weight excluding hydrogens is 236 g/mol. The molecule has 0 aliphatic carbocycles. The van der Waals surface area contributed by atoms with Crippen LogP contribution < -0.4 is 10.6 Å². The Morgan fingerprint density at radius 3 is 2.47 bits per heavy atom. The third kappa shape index (κ3) is 2.30. The molecule has 0 atom stereocenters. The van der Waals surface area contributed by atoms with E-state index in [1.54, 1.807) is 12.1 Å². The van der Waals surface area contributed by atoms with Crippen LogP contribution in [-0.2, 0) is 9.84 Å². The van der Waals surface area contributed by atoms with Gasteiger partial charge in [0.1, 0.15) is 0 Å². The van der Waals surface area contributed by atoms with Crippen molar-refractivity contribution in [3.05, 3.63) is 24.3 Å². The van der Waals surface area contributed by atoms with Crippen LogP contribution in [0.4, 0.5) is 5.69 Å². The summed E-state index contributed by atoms with van der Waals surface area (Å²) in [6.07, 6.45) is 2.14. The van der Waals surface area contributed by atoms with Crippen LogP contribution in [0.3, 0.4) is 0 Å². The summed E-state index contributed by atoms with van der Waals surface area (Å²) < 4.78 is 23.3. The number of benzene rings is 1. The lowest BCUT2D eigenvalue weighted by molar-refractivity contribution is 0.321. The first-order valence-corrected chi connectivity index (χ1v) is 7.58. The third-order valence-corrected chi connectivity index (χ3v) is 4.47. The molecule has 1 heterocycles. The summed E-state index contributed by atoms with van der Waals surface area (Å²) in [5, 5.41) is 0. The Bertz CT molecular complexity index is 519. The van der Waals surface area contributed by atoms with E-state index in [0.717, 1.165) is 25.2 Å². The SMILES string of the molecule is CCC1(N)CN(c2ccccc2S(C)(=O)=O)C1. The molecule has 0 saturated carbocycles. The molecule has 0 bridgehead atoms. The van der Waals surface area contributed by atoms with Crippen LogP contribution in [0.25, 0.3) is 0 Å². The minimum atomic E-state index is -3.18. The highest BCUT2D eigenvalue weighted by Crippen LogP contribution is 2.32. The molecule has 2 rings (SSSR count). The Morgan fingerprint density at radius 2 is 1.94 bits per heavy atom. The second-order valence-corrected chi connectivity index (χ2v) is 6.80. The van der Waals surface area contributed by atoms with Crippen LogP contribution in [0, 0.1) is 0 Å². The standard InChI is InChI=1S/C12H18N2O2S/c1-3-12(13)8-14(9-12)10-6-4-5-7-11(10)17(2,15)16/h4-7H,3,8-9,13H2,1-2H3. The van der Waals surface area contributed by atoms with Gasteiger partial charge in [0.2, 0.25) is 0 Å². The number of nitrogens with zero attached hydrogens (tertiary/aromatic N) is 1. The van der Waals surface area contributed by atoms with Gasteiger partial charge in [-0.2, -0.15) is 0 Å². The molecule has 2 N–H and O–H groups in total. The maximum absolute atomic E-state index is 11.7. The van der Waals surface area contributed by atoms with Crippen LogP contribution in [0.2, 0.25) is 0 Å².